The number of carbonyl (C=O) groups excluding carboxylic acids is 3. The van der Waals surface area contributed by atoms with Crippen LogP contribution in [0.25, 0.3) is 0 Å². The van der Waals surface area contributed by atoms with Gasteiger partial charge in [0.15, 0.2) is 10.4 Å². The van der Waals surface area contributed by atoms with E-state index in [4.69, 9.17) is 17.3 Å². The number of urea groups is 1. The van der Waals surface area contributed by atoms with E-state index in [-0.39, 0.29) is 5.17 Å². The smallest absolute Gasteiger partial charge is 0.328 e. The molecule has 7 nitrogen and oxygen atoms in total. The van der Waals surface area contributed by atoms with Crippen LogP contribution >= 0.6 is 23.4 Å². The number of hydrogen-bond donors (Lipinski definition) is 3. The number of nitrogens with one attached hydrogen (secondary N) is 2. The summed E-state index contributed by atoms with van der Waals surface area (Å²) in [5.74, 6) is -1.45. The maximum absolute atomic E-state index is 11.5. The molecule has 20 heavy (non-hydrogen) atoms. The van der Waals surface area contributed by atoms with Gasteiger partial charge in [0, 0.05) is 5.02 Å². The quantitative estimate of drug-likeness (QED) is 0.424. The van der Waals surface area contributed by atoms with Crippen LogP contribution in [0.4, 0.5) is 10.5 Å². The first-order valence-electron chi connectivity index (χ1n) is 5.38. The fourth-order valence-corrected chi connectivity index (χ4v) is 2.26. The summed E-state index contributed by atoms with van der Waals surface area (Å²) in [7, 11) is 0. The molecule has 4 amide bonds. The normalized spacial score (nSPS) is 16.9. The lowest BCUT2D eigenvalue weighted by Crippen LogP contribution is -2.57. The Morgan fingerprint density at radius 3 is 2.25 bits per heavy atom. The van der Waals surface area contributed by atoms with Crippen molar-refractivity contribution >= 4 is 52.1 Å². The number of benzene rings is 1. The molecule has 104 valence electrons. The molecule has 1 heterocycles. The molecule has 1 aromatic carbocycles. The Labute approximate surface area is 122 Å². The predicted octanol–water partition coefficient (Wildman–Crippen LogP) is 0.754. The highest BCUT2D eigenvalue weighted by molar-refractivity contribution is 8.15. The van der Waals surface area contributed by atoms with Gasteiger partial charge in [-0.1, -0.05) is 23.4 Å². The minimum Gasteiger partial charge on any atom is -0.378 e. The molecule has 1 aliphatic rings. The van der Waals surface area contributed by atoms with Gasteiger partial charge in [-0.2, -0.15) is 0 Å². The number of nitrogens with zero attached hydrogens (tertiary/aromatic N) is 1. The van der Waals surface area contributed by atoms with Crippen LogP contribution in [0.1, 0.15) is 0 Å². The molecule has 2 rings (SSSR count). The zero-order valence-electron chi connectivity index (χ0n) is 9.92. The van der Waals surface area contributed by atoms with Crippen LogP contribution in [-0.4, -0.2) is 28.3 Å². The summed E-state index contributed by atoms with van der Waals surface area (Å²) in [6.45, 7) is 0. The molecule has 0 radical (unpaired) electrons. The van der Waals surface area contributed by atoms with E-state index in [1.54, 1.807) is 24.3 Å². The van der Waals surface area contributed by atoms with Crippen LogP contribution in [0.5, 0.6) is 0 Å². The van der Waals surface area contributed by atoms with Crippen LogP contribution < -0.4 is 16.4 Å². The Hall–Kier alpha value is -2.06. The average molecular weight is 313 g/mol. The Balaban J connectivity index is 2.08. The van der Waals surface area contributed by atoms with Gasteiger partial charge in [-0.3, -0.25) is 20.2 Å². The molecule has 0 saturated carbocycles. The van der Waals surface area contributed by atoms with E-state index in [1.165, 1.54) is 0 Å². The second kappa shape index (κ2) is 5.93. The standard InChI is InChI=1S/C11H9ClN4O3S/c12-5-1-3-6(4-2-5)14-10(13)20-7-8(17)15-11(19)16-9(7)18/h1-4,7H,(H2,13,14)(H2,15,16,17,18,19). The number of rotatable bonds is 2. The van der Waals surface area contributed by atoms with Crippen molar-refractivity contribution in [2.45, 2.75) is 5.25 Å². The number of amidine groups is 1. The molecule has 1 saturated heterocycles. The first-order valence-corrected chi connectivity index (χ1v) is 6.63. The van der Waals surface area contributed by atoms with Gasteiger partial charge in [-0.15, -0.1) is 0 Å². The van der Waals surface area contributed by atoms with Gasteiger partial charge in [-0.25, -0.2) is 9.79 Å². The number of barbiturate groups is 1. The second-order valence-corrected chi connectivity index (χ2v) is 5.29. The molecular weight excluding hydrogens is 304 g/mol. The molecule has 0 aromatic heterocycles. The Morgan fingerprint density at radius 2 is 1.70 bits per heavy atom. The molecule has 0 unspecified atom stereocenters. The summed E-state index contributed by atoms with van der Waals surface area (Å²) < 4.78 is 0. The van der Waals surface area contributed by atoms with Crippen molar-refractivity contribution in [2.75, 3.05) is 0 Å². The third-order valence-corrected chi connectivity index (χ3v) is 3.50. The van der Waals surface area contributed by atoms with Crippen molar-refractivity contribution < 1.29 is 14.4 Å². The topological polar surface area (TPSA) is 114 Å². The fraction of sp³-hybridized carbons (Fsp3) is 0.0909. The van der Waals surface area contributed by atoms with Crippen LogP contribution in [0.15, 0.2) is 29.3 Å². The number of amides is 4. The van der Waals surface area contributed by atoms with Crippen LogP contribution in [-0.2, 0) is 9.59 Å². The Kier molecular flexibility index (Phi) is 4.26. The molecule has 1 aromatic rings. The fourth-order valence-electron chi connectivity index (χ4n) is 1.40. The van der Waals surface area contributed by atoms with Gasteiger partial charge < -0.3 is 5.73 Å². The monoisotopic (exact) mass is 312 g/mol. The highest BCUT2D eigenvalue weighted by Crippen LogP contribution is 2.20. The van der Waals surface area contributed by atoms with Crippen molar-refractivity contribution in [3.8, 4) is 0 Å². The lowest BCUT2D eigenvalue weighted by atomic mass is 10.3. The molecule has 1 aliphatic heterocycles. The molecule has 0 spiro atoms. The van der Waals surface area contributed by atoms with Crippen LogP contribution in [0.3, 0.4) is 0 Å². The van der Waals surface area contributed by atoms with Crippen LogP contribution in [0, 0.1) is 0 Å². The first kappa shape index (κ1) is 14.4. The number of hydrogen-bond acceptors (Lipinski definition) is 5. The molecule has 4 N–H and O–H groups in total. The largest absolute Gasteiger partial charge is 0.378 e. The minimum atomic E-state index is -1.15. The number of carbonyl (C=O) groups is 3. The maximum Gasteiger partial charge on any atom is 0.328 e. The summed E-state index contributed by atoms with van der Waals surface area (Å²) >= 11 is 6.49. The third kappa shape index (κ3) is 3.49. The van der Waals surface area contributed by atoms with E-state index in [9.17, 15) is 14.4 Å². The number of imide groups is 2. The minimum absolute atomic E-state index is 0.0250. The van der Waals surface area contributed by atoms with Crippen molar-refractivity contribution in [1.29, 1.82) is 0 Å². The lowest BCUT2D eigenvalue weighted by molar-refractivity contribution is -0.128. The van der Waals surface area contributed by atoms with E-state index in [2.05, 4.69) is 4.99 Å². The van der Waals surface area contributed by atoms with E-state index >= 15 is 0 Å². The summed E-state index contributed by atoms with van der Waals surface area (Å²) in [4.78, 5) is 37.9. The van der Waals surface area contributed by atoms with Gasteiger partial charge in [0.2, 0.25) is 0 Å². The SMILES string of the molecule is NC(=Nc1ccc(Cl)cc1)SC1C(=O)NC(=O)NC1=O. The average Bonchev–Trinajstić information content (AvgIpc) is 2.36. The third-order valence-electron chi connectivity index (χ3n) is 2.25. The lowest BCUT2D eigenvalue weighted by Gasteiger charge is -2.19. The number of halogens is 1. The van der Waals surface area contributed by atoms with Crippen LogP contribution in [0.2, 0.25) is 5.02 Å². The maximum atomic E-state index is 11.5. The highest BCUT2D eigenvalue weighted by atomic mass is 35.5. The summed E-state index contributed by atoms with van der Waals surface area (Å²) in [5.41, 5.74) is 6.20. The Morgan fingerprint density at radius 1 is 1.15 bits per heavy atom. The van der Waals surface area contributed by atoms with E-state index in [0.29, 0.717) is 10.7 Å². The molecule has 0 aliphatic carbocycles. The van der Waals surface area contributed by atoms with Gasteiger partial charge in [0.25, 0.3) is 11.8 Å². The van der Waals surface area contributed by atoms with Crippen molar-refractivity contribution in [1.82, 2.24) is 10.6 Å². The summed E-state index contributed by atoms with van der Waals surface area (Å²) in [6, 6.07) is 5.71. The van der Waals surface area contributed by atoms with Crippen molar-refractivity contribution in [3.05, 3.63) is 29.3 Å². The predicted molar refractivity (Wildman–Crippen MR) is 75.8 cm³/mol. The number of nitrogens with two attached hydrogens (primary N) is 1. The van der Waals surface area contributed by atoms with Crippen molar-refractivity contribution in [2.24, 2.45) is 10.7 Å². The number of thioether (sulfide) groups is 1. The zero-order chi connectivity index (χ0) is 14.7. The van der Waals surface area contributed by atoms with E-state index < -0.39 is 23.1 Å². The molecule has 0 bridgehead atoms. The van der Waals surface area contributed by atoms with Gasteiger partial charge in [-0.05, 0) is 24.3 Å². The molecule has 0 atom stereocenters. The molecule has 9 heteroatoms. The molecule has 1 fully saturated rings. The number of aliphatic imine (C=N–C) groups is 1. The first-order chi connectivity index (χ1) is 9.45. The van der Waals surface area contributed by atoms with E-state index in [1.807, 2.05) is 10.6 Å². The summed E-state index contributed by atoms with van der Waals surface area (Å²) in [5, 5.41) is 3.39. The second-order valence-electron chi connectivity index (χ2n) is 3.73. The Bertz CT molecular complexity index is 582. The highest BCUT2D eigenvalue weighted by Gasteiger charge is 2.35. The molecular formula is C11H9ClN4O3S. The van der Waals surface area contributed by atoms with Gasteiger partial charge in [0.1, 0.15) is 0 Å². The summed E-state index contributed by atoms with van der Waals surface area (Å²) in [6.07, 6.45) is 0. The zero-order valence-corrected chi connectivity index (χ0v) is 11.5. The van der Waals surface area contributed by atoms with E-state index in [0.717, 1.165) is 11.8 Å². The van der Waals surface area contributed by atoms with Gasteiger partial charge in [0.05, 0.1) is 5.69 Å². The van der Waals surface area contributed by atoms with Crippen molar-refractivity contribution in [3.63, 3.8) is 0 Å². The van der Waals surface area contributed by atoms with Gasteiger partial charge >= 0.3 is 6.03 Å².